The Morgan fingerprint density at radius 2 is 1.36 bits per heavy atom. The number of benzene rings is 3. The molecule has 0 bridgehead atoms. The van der Waals surface area contributed by atoms with E-state index >= 15 is 0 Å². The first-order valence-corrected chi connectivity index (χ1v) is 9.42. The van der Waals surface area contributed by atoms with Gasteiger partial charge in [-0.1, -0.05) is 62.7 Å². The summed E-state index contributed by atoms with van der Waals surface area (Å²) in [6.45, 7) is 8.95. The minimum absolute atomic E-state index is 0.0685. The van der Waals surface area contributed by atoms with Crippen LogP contribution in [0.2, 0.25) is 0 Å². The lowest BCUT2D eigenvalue weighted by Crippen LogP contribution is -2.11. The van der Waals surface area contributed by atoms with Crippen LogP contribution in [0, 0.1) is 6.92 Å². The molecule has 0 atom stereocenters. The predicted molar refractivity (Wildman–Crippen MR) is 112 cm³/mol. The van der Waals surface area contributed by atoms with Gasteiger partial charge in [-0.25, -0.2) is 4.79 Å². The Hall–Kier alpha value is -3.07. The van der Waals surface area contributed by atoms with Crippen molar-refractivity contribution in [2.45, 2.75) is 39.7 Å². The number of hydrogen-bond acceptors (Lipinski definition) is 3. The Morgan fingerprint density at radius 3 is 1.93 bits per heavy atom. The topological polar surface area (TPSA) is 35.5 Å². The number of carbonyl (C=O) groups is 1. The van der Waals surface area contributed by atoms with Crippen LogP contribution in [-0.2, 0) is 12.0 Å². The zero-order chi connectivity index (χ0) is 20.1. The zero-order valence-electron chi connectivity index (χ0n) is 16.9. The van der Waals surface area contributed by atoms with E-state index in [2.05, 4.69) is 20.8 Å². The number of hydrogen-bond donors (Lipinski definition) is 0. The molecule has 0 aromatic heterocycles. The van der Waals surface area contributed by atoms with Gasteiger partial charge in [-0.05, 0) is 59.9 Å². The van der Waals surface area contributed by atoms with Crippen LogP contribution in [0.3, 0.4) is 0 Å². The number of esters is 1. The van der Waals surface area contributed by atoms with E-state index in [1.807, 2.05) is 67.6 Å². The first-order chi connectivity index (χ1) is 13.3. The van der Waals surface area contributed by atoms with Crippen LogP contribution < -0.4 is 9.47 Å². The number of aryl methyl sites for hydroxylation is 1. The van der Waals surface area contributed by atoms with E-state index < -0.39 is 0 Å². The Labute approximate surface area is 166 Å². The summed E-state index contributed by atoms with van der Waals surface area (Å²) in [6, 6.07) is 22.9. The van der Waals surface area contributed by atoms with Crippen LogP contribution >= 0.6 is 0 Å². The molecule has 0 radical (unpaired) electrons. The van der Waals surface area contributed by atoms with Crippen LogP contribution in [0.4, 0.5) is 0 Å². The molecule has 0 aliphatic rings. The van der Waals surface area contributed by atoms with E-state index in [4.69, 9.17) is 9.47 Å². The van der Waals surface area contributed by atoms with Gasteiger partial charge in [-0.2, -0.15) is 0 Å². The summed E-state index contributed by atoms with van der Waals surface area (Å²) in [4.78, 5) is 12.4. The van der Waals surface area contributed by atoms with E-state index in [0.717, 1.165) is 11.3 Å². The molecule has 0 unspecified atom stereocenters. The molecule has 0 saturated carbocycles. The van der Waals surface area contributed by atoms with Gasteiger partial charge in [0.15, 0.2) is 0 Å². The van der Waals surface area contributed by atoms with E-state index in [-0.39, 0.29) is 11.4 Å². The Kier molecular flexibility index (Phi) is 5.84. The third-order valence-electron chi connectivity index (χ3n) is 4.55. The summed E-state index contributed by atoms with van der Waals surface area (Å²) in [7, 11) is 0. The van der Waals surface area contributed by atoms with Crippen molar-refractivity contribution in [1.82, 2.24) is 0 Å². The minimum Gasteiger partial charge on any atom is -0.489 e. The third kappa shape index (κ3) is 5.23. The summed E-state index contributed by atoms with van der Waals surface area (Å²) in [5, 5.41) is 0. The molecule has 3 aromatic rings. The van der Waals surface area contributed by atoms with Crippen molar-refractivity contribution in [3.63, 3.8) is 0 Å². The van der Waals surface area contributed by atoms with E-state index in [0.29, 0.717) is 17.9 Å². The number of rotatable bonds is 5. The highest BCUT2D eigenvalue weighted by Crippen LogP contribution is 2.24. The molecule has 28 heavy (non-hydrogen) atoms. The zero-order valence-corrected chi connectivity index (χ0v) is 16.9. The molecule has 0 aliphatic heterocycles. The molecule has 0 fully saturated rings. The second-order valence-corrected chi connectivity index (χ2v) is 7.96. The molecule has 0 saturated heterocycles. The monoisotopic (exact) mass is 374 g/mol. The lowest BCUT2D eigenvalue weighted by molar-refractivity contribution is 0.0734. The van der Waals surface area contributed by atoms with Crippen molar-refractivity contribution in [2.24, 2.45) is 0 Å². The average molecular weight is 374 g/mol. The van der Waals surface area contributed by atoms with Crippen molar-refractivity contribution < 1.29 is 14.3 Å². The second-order valence-electron chi connectivity index (χ2n) is 7.96. The van der Waals surface area contributed by atoms with Gasteiger partial charge in [0.2, 0.25) is 0 Å². The Morgan fingerprint density at radius 1 is 0.786 bits per heavy atom. The number of carbonyl (C=O) groups excluding carboxylic acids is 1. The molecule has 3 nitrogen and oxygen atoms in total. The fourth-order valence-electron chi connectivity index (χ4n) is 2.73. The summed E-state index contributed by atoms with van der Waals surface area (Å²) in [6.07, 6.45) is 0. The normalized spacial score (nSPS) is 11.1. The van der Waals surface area contributed by atoms with E-state index in [1.165, 1.54) is 11.1 Å². The minimum atomic E-state index is -0.366. The quantitative estimate of drug-likeness (QED) is 0.400. The van der Waals surface area contributed by atoms with Gasteiger partial charge >= 0.3 is 5.97 Å². The maximum absolute atomic E-state index is 12.4. The van der Waals surface area contributed by atoms with Crippen LogP contribution in [0.5, 0.6) is 11.5 Å². The first-order valence-electron chi connectivity index (χ1n) is 9.42. The van der Waals surface area contributed by atoms with Gasteiger partial charge in [0.05, 0.1) is 5.56 Å². The van der Waals surface area contributed by atoms with Gasteiger partial charge < -0.3 is 9.47 Å². The molecule has 0 heterocycles. The molecule has 0 amide bonds. The Bertz CT molecular complexity index is 916. The summed E-state index contributed by atoms with van der Waals surface area (Å²) >= 11 is 0. The lowest BCUT2D eigenvalue weighted by Gasteiger charge is -2.19. The Balaban J connectivity index is 1.58. The van der Waals surface area contributed by atoms with Crippen LogP contribution in [0.15, 0.2) is 72.8 Å². The third-order valence-corrected chi connectivity index (χ3v) is 4.55. The lowest BCUT2D eigenvalue weighted by atomic mass is 9.87. The van der Waals surface area contributed by atoms with Crippen molar-refractivity contribution in [1.29, 1.82) is 0 Å². The standard InChI is InChI=1S/C25H26O3/c1-18-5-13-22(14-6-18)27-17-19-7-9-20(10-8-19)24(26)28-23-15-11-21(12-16-23)25(2,3)4/h5-16H,17H2,1-4H3. The largest absolute Gasteiger partial charge is 0.489 e. The van der Waals surface area contributed by atoms with Gasteiger partial charge in [0.25, 0.3) is 0 Å². The van der Waals surface area contributed by atoms with Crippen molar-refractivity contribution in [3.05, 3.63) is 95.1 Å². The second kappa shape index (κ2) is 8.30. The van der Waals surface area contributed by atoms with Gasteiger partial charge in [0, 0.05) is 0 Å². The summed E-state index contributed by atoms with van der Waals surface area (Å²) in [5.41, 5.74) is 3.97. The maximum atomic E-state index is 12.4. The molecular formula is C25H26O3. The highest BCUT2D eigenvalue weighted by atomic mass is 16.5. The molecule has 3 heteroatoms. The van der Waals surface area contributed by atoms with Gasteiger partial charge in [-0.3, -0.25) is 0 Å². The van der Waals surface area contributed by atoms with Gasteiger partial charge in [0.1, 0.15) is 18.1 Å². The summed E-state index contributed by atoms with van der Waals surface area (Å²) < 4.78 is 11.2. The van der Waals surface area contributed by atoms with E-state index in [1.54, 1.807) is 12.1 Å². The SMILES string of the molecule is Cc1ccc(OCc2ccc(C(=O)Oc3ccc(C(C)(C)C)cc3)cc2)cc1. The van der Waals surface area contributed by atoms with Crippen LogP contribution in [-0.4, -0.2) is 5.97 Å². The molecular weight excluding hydrogens is 348 g/mol. The summed E-state index contributed by atoms with van der Waals surface area (Å²) in [5.74, 6) is 1.01. The average Bonchev–Trinajstić information content (AvgIpc) is 2.67. The van der Waals surface area contributed by atoms with Crippen LogP contribution in [0.25, 0.3) is 0 Å². The van der Waals surface area contributed by atoms with Crippen molar-refractivity contribution in [3.8, 4) is 11.5 Å². The van der Waals surface area contributed by atoms with Crippen LogP contribution in [0.1, 0.15) is 47.8 Å². The smallest absolute Gasteiger partial charge is 0.343 e. The van der Waals surface area contributed by atoms with Crippen molar-refractivity contribution >= 4 is 5.97 Å². The molecule has 0 aliphatic carbocycles. The fraction of sp³-hybridized carbons (Fsp3) is 0.240. The number of ether oxygens (including phenoxy) is 2. The van der Waals surface area contributed by atoms with Gasteiger partial charge in [-0.15, -0.1) is 0 Å². The highest BCUT2D eigenvalue weighted by Gasteiger charge is 2.14. The maximum Gasteiger partial charge on any atom is 0.343 e. The highest BCUT2D eigenvalue weighted by molar-refractivity contribution is 5.91. The molecule has 3 aromatic carbocycles. The van der Waals surface area contributed by atoms with E-state index in [9.17, 15) is 4.79 Å². The van der Waals surface area contributed by atoms with Crippen molar-refractivity contribution in [2.75, 3.05) is 0 Å². The predicted octanol–water partition coefficient (Wildman–Crippen LogP) is 6.09. The fourth-order valence-corrected chi connectivity index (χ4v) is 2.73. The molecule has 3 rings (SSSR count). The first kappa shape index (κ1) is 19.7. The molecule has 144 valence electrons. The molecule has 0 N–H and O–H groups in total. The molecule has 0 spiro atoms.